The molecule has 0 heterocycles. The van der Waals surface area contributed by atoms with Crippen molar-refractivity contribution in [1.82, 2.24) is 0 Å². The zero-order valence-corrected chi connectivity index (χ0v) is 19.8. The summed E-state index contributed by atoms with van der Waals surface area (Å²) in [4.78, 5) is 12.1. The number of benzene rings is 3. The fourth-order valence-electron chi connectivity index (χ4n) is 4.84. The minimum atomic E-state index is -2.61. The van der Waals surface area contributed by atoms with Crippen molar-refractivity contribution in [2.45, 2.75) is 59.7 Å². The van der Waals surface area contributed by atoms with Crippen LogP contribution >= 0.6 is 0 Å². The standard InChI is InChI=1S/C27H34OSi/c1-19-7-20(2)11-25(10-19)16-29(28,17-26-12-21(3)8-22(4)13-26)18-27-14-23(5)9-24(6)15-27/h7-15,28H,16-18H2,1-6H3. The second-order valence-electron chi connectivity index (χ2n) is 9.24. The predicted molar refractivity (Wildman–Crippen MR) is 127 cm³/mol. The minimum absolute atomic E-state index is 0.787. The average Bonchev–Trinajstić information content (AvgIpc) is 2.50. The highest BCUT2D eigenvalue weighted by molar-refractivity contribution is 6.70. The molecule has 0 saturated heterocycles. The number of rotatable bonds is 6. The van der Waals surface area contributed by atoms with E-state index in [1.165, 1.54) is 50.1 Å². The van der Waals surface area contributed by atoms with Crippen molar-refractivity contribution in [3.8, 4) is 0 Å². The maximum absolute atomic E-state index is 12.1. The lowest BCUT2D eigenvalue weighted by Gasteiger charge is -2.27. The second kappa shape index (κ2) is 8.69. The molecule has 0 aromatic heterocycles. The molecule has 3 rings (SSSR count). The Morgan fingerprint density at radius 1 is 0.448 bits per heavy atom. The first kappa shape index (κ1) is 21.5. The summed E-state index contributed by atoms with van der Waals surface area (Å²) in [6.07, 6.45) is 0. The number of aryl methyl sites for hydroxylation is 6. The van der Waals surface area contributed by atoms with Gasteiger partial charge in [-0.1, -0.05) is 88.0 Å². The molecule has 0 radical (unpaired) electrons. The van der Waals surface area contributed by atoms with E-state index in [0.717, 1.165) is 18.1 Å². The molecule has 0 aliphatic rings. The van der Waals surface area contributed by atoms with Crippen molar-refractivity contribution < 1.29 is 4.80 Å². The highest BCUT2D eigenvalue weighted by Gasteiger charge is 2.32. The zero-order valence-electron chi connectivity index (χ0n) is 18.8. The Kier molecular flexibility index (Phi) is 6.45. The first-order valence-corrected chi connectivity index (χ1v) is 13.1. The van der Waals surface area contributed by atoms with E-state index in [-0.39, 0.29) is 0 Å². The third-order valence-corrected chi connectivity index (χ3v) is 8.64. The quantitative estimate of drug-likeness (QED) is 0.492. The molecule has 0 saturated carbocycles. The van der Waals surface area contributed by atoms with Crippen LogP contribution in [0.1, 0.15) is 50.1 Å². The average molecular weight is 403 g/mol. The lowest BCUT2D eigenvalue weighted by molar-refractivity contribution is 0.523. The summed E-state index contributed by atoms with van der Waals surface area (Å²) in [6.45, 7) is 12.9. The highest BCUT2D eigenvalue weighted by atomic mass is 28.4. The molecule has 3 aromatic rings. The van der Waals surface area contributed by atoms with Crippen molar-refractivity contribution in [1.29, 1.82) is 0 Å². The summed E-state index contributed by atoms with van der Waals surface area (Å²) >= 11 is 0. The van der Waals surface area contributed by atoms with Gasteiger partial charge in [0, 0.05) is 0 Å². The fourth-order valence-corrected chi connectivity index (χ4v) is 8.11. The van der Waals surface area contributed by atoms with E-state index in [1.807, 2.05) is 0 Å². The molecule has 0 atom stereocenters. The summed E-state index contributed by atoms with van der Waals surface area (Å²) in [5.74, 6) is 0. The highest BCUT2D eigenvalue weighted by Crippen LogP contribution is 2.24. The van der Waals surface area contributed by atoms with Crippen molar-refractivity contribution in [2.75, 3.05) is 0 Å². The van der Waals surface area contributed by atoms with Gasteiger partial charge in [0.1, 0.15) is 0 Å². The van der Waals surface area contributed by atoms with Crippen LogP contribution < -0.4 is 0 Å². The monoisotopic (exact) mass is 402 g/mol. The van der Waals surface area contributed by atoms with E-state index in [0.29, 0.717) is 0 Å². The van der Waals surface area contributed by atoms with Gasteiger partial charge >= 0.3 is 0 Å². The van der Waals surface area contributed by atoms with Gasteiger partial charge < -0.3 is 4.80 Å². The van der Waals surface area contributed by atoms with E-state index >= 15 is 0 Å². The van der Waals surface area contributed by atoms with Crippen LogP contribution in [-0.4, -0.2) is 13.1 Å². The van der Waals surface area contributed by atoms with Crippen molar-refractivity contribution in [3.63, 3.8) is 0 Å². The Morgan fingerprint density at radius 2 is 0.655 bits per heavy atom. The second-order valence-corrected chi connectivity index (χ2v) is 12.8. The number of hydrogen-bond donors (Lipinski definition) is 1. The lowest BCUT2D eigenvalue weighted by Crippen LogP contribution is -2.44. The van der Waals surface area contributed by atoms with Crippen LogP contribution in [0, 0.1) is 41.5 Å². The van der Waals surface area contributed by atoms with Crippen molar-refractivity contribution in [3.05, 3.63) is 105 Å². The lowest BCUT2D eigenvalue weighted by atomic mass is 10.1. The van der Waals surface area contributed by atoms with Gasteiger partial charge in [-0.05, 0) is 76.4 Å². The first-order valence-electron chi connectivity index (χ1n) is 10.5. The molecule has 3 aromatic carbocycles. The van der Waals surface area contributed by atoms with Gasteiger partial charge in [-0.3, -0.25) is 0 Å². The van der Waals surface area contributed by atoms with Crippen LogP contribution in [0.3, 0.4) is 0 Å². The normalized spacial score (nSPS) is 11.7. The van der Waals surface area contributed by atoms with Gasteiger partial charge in [-0.2, -0.15) is 0 Å². The van der Waals surface area contributed by atoms with Crippen molar-refractivity contribution >= 4 is 8.32 Å². The van der Waals surface area contributed by atoms with Crippen molar-refractivity contribution in [2.24, 2.45) is 0 Å². The summed E-state index contributed by atoms with van der Waals surface area (Å²) < 4.78 is 0. The zero-order chi connectivity index (χ0) is 21.2. The van der Waals surface area contributed by atoms with Crippen LogP contribution in [0.5, 0.6) is 0 Å². The van der Waals surface area contributed by atoms with Gasteiger partial charge in [0.15, 0.2) is 0 Å². The molecule has 0 unspecified atom stereocenters. The molecule has 2 heteroatoms. The largest absolute Gasteiger partial charge is 0.431 e. The van der Waals surface area contributed by atoms with Gasteiger partial charge in [0.05, 0.1) is 0 Å². The summed E-state index contributed by atoms with van der Waals surface area (Å²) in [6, 6.07) is 22.4. The smallest absolute Gasteiger partial charge is 0.201 e. The molecular weight excluding hydrogens is 368 g/mol. The van der Waals surface area contributed by atoms with E-state index in [4.69, 9.17) is 0 Å². The predicted octanol–water partition coefficient (Wildman–Crippen LogP) is 6.12. The maximum atomic E-state index is 12.1. The van der Waals surface area contributed by atoms with E-state index < -0.39 is 8.32 Å². The molecule has 152 valence electrons. The molecular formula is C27H34OSi. The Hall–Kier alpha value is -2.16. The van der Waals surface area contributed by atoms with E-state index in [9.17, 15) is 4.80 Å². The summed E-state index contributed by atoms with van der Waals surface area (Å²) in [5, 5.41) is 0. The Morgan fingerprint density at radius 3 is 0.862 bits per heavy atom. The molecule has 0 fully saturated rings. The minimum Gasteiger partial charge on any atom is -0.431 e. The van der Waals surface area contributed by atoms with E-state index in [2.05, 4.69) is 96.1 Å². The Balaban J connectivity index is 1.98. The van der Waals surface area contributed by atoms with Crippen LogP contribution in [0.4, 0.5) is 0 Å². The molecule has 0 amide bonds. The Labute approximate surface area is 177 Å². The van der Waals surface area contributed by atoms with Crippen LogP contribution in [0.2, 0.25) is 0 Å². The van der Waals surface area contributed by atoms with Crippen LogP contribution in [-0.2, 0) is 18.1 Å². The summed E-state index contributed by atoms with van der Waals surface area (Å²) in [7, 11) is -2.61. The summed E-state index contributed by atoms with van der Waals surface area (Å²) in [5.41, 5.74) is 11.4. The third kappa shape index (κ3) is 6.16. The van der Waals surface area contributed by atoms with Crippen LogP contribution in [0.15, 0.2) is 54.6 Å². The van der Waals surface area contributed by atoms with Gasteiger partial charge in [-0.25, -0.2) is 0 Å². The van der Waals surface area contributed by atoms with Crippen LogP contribution in [0.25, 0.3) is 0 Å². The number of hydrogen-bond acceptors (Lipinski definition) is 1. The molecule has 0 aliphatic heterocycles. The third-order valence-electron chi connectivity index (χ3n) is 5.44. The molecule has 1 N–H and O–H groups in total. The molecule has 0 aliphatic carbocycles. The molecule has 1 nitrogen and oxygen atoms in total. The fraction of sp³-hybridized carbons (Fsp3) is 0.333. The first-order chi connectivity index (χ1) is 13.6. The van der Waals surface area contributed by atoms with Gasteiger partial charge in [0.2, 0.25) is 8.32 Å². The topological polar surface area (TPSA) is 20.2 Å². The van der Waals surface area contributed by atoms with Gasteiger partial charge in [0.25, 0.3) is 0 Å². The Bertz CT molecular complexity index is 828. The molecule has 29 heavy (non-hydrogen) atoms. The van der Waals surface area contributed by atoms with E-state index in [1.54, 1.807) is 0 Å². The van der Waals surface area contributed by atoms with Gasteiger partial charge in [-0.15, -0.1) is 0 Å². The maximum Gasteiger partial charge on any atom is 0.201 e. The SMILES string of the molecule is Cc1cc(C)cc(C[Si](O)(Cc2cc(C)cc(C)c2)Cc2cc(C)cc(C)c2)c1. The molecule has 0 spiro atoms. The molecule has 0 bridgehead atoms.